The molecule has 5 heteroatoms. The first-order valence-electron chi connectivity index (χ1n) is 3.22. The topological polar surface area (TPSA) is 52.1 Å². The van der Waals surface area contributed by atoms with Crippen molar-refractivity contribution in [1.82, 2.24) is 9.97 Å². The third kappa shape index (κ3) is 1.71. The van der Waals surface area contributed by atoms with E-state index in [2.05, 4.69) is 9.97 Å². The Labute approximate surface area is 74.5 Å². The van der Waals surface area contributed by atoms with Crippen LogP contribution in [0.5, 0.6) is 5.88 Å². The molecule has 0 saturated carbocycles. The highest BCUT2D eigenvalue weighted by Gasteiger charge is 2.09. The number of ether oxygens (including phenoxy) is 1. The zero-order valence-corrected chi connectivity index (χ0v) is 7.42. The van der Waals surface area contributed by atoms with Crippen molar-refractivity contribution in [2.24, 2.45) is 0 Å². The van der Waals surface area contributed by atoms with Gasteiger partial charge >= 0.3 is 0 Å². The van der Waals surface area contributed by atoms with Crippen LogP contribution in [0.2, 0.25) is 5.28 Å². The van der Waals surface area contributed by atoms with Crippen molar-refractivity contribution in [3.05, 3.63) is 17.0 Å². The Balaban J connectivity index is 3.20. The molecular weight excluding hydrogens is 180 g/mol. The summed E-state index contributed by atoms with van der Waals surface area (Å²) in [6, 6.07) is 0. The molecule has 0 aliphatic rings. The van der Waals surface area contributed by atoms with Crippen LogP contribution in [0.25, 0.3) is 0 Å². The molecule has 0 aliphatic carbocycles. The summed E-state index contributed by atoms with van der Waals surface area (Å²) in [5.41, 5.74) is 0.335. The molecule has 0 N–H and O–H groups in total. The number of nitrogens with zero attached hydrogens (tertiary/aromatic N) is 2. The summed E-state index contributed by atoms with van der Waals surface area (Å²) >= 11 is 5.49. The van der Waals surface area contributed by atoms with E-state index in [-0.39, 0.29) is 16.9 Å². The molecule has 0 fully saturated rings. The quantitative estimate of drug-likeness (QED) is 0.517. The minimum Gasteiger partial charge on any atom is -0.480 e. The molecule has 1 aromatic rings. The standard InChI is InChI=1S/C7H7ClN2O2/c1-4(11)5-3-9-7(8)10-6(5)12-2/h3H,1-2H3. The highest BCUT2D eigenvalue weighted by molar-refractivity contribution is 6.28. The van der Waals surface area contributed by atoms with Gasteiger partial charge in [-0.1, -0.05) is 0 Å². The second kappa shape index (κ2) is 3.49. The predicted octanol–water partition coefficient (Wildman–Crippen LogP) is 1.34. The largest absolute Gasteiger partial charge is 0.480 e. The molecule has 0 spiro atoms. The van der Waals surface area contributed by atoms with Gasteiger partial charge in [0.2, 0.25) is 11.2 Å². The van der Waals surface area contributed by atoms with Gasteiger partial charge in [0.25, 0.3) is 0 Å². The van der Waals surface area contributed by atoms with E-state index in [9.17, 15) is 4.79 Å². The first kappa shape index (κ1) is 8.93. The summed E-state index contributed by atoms with van der Waals surface area (Å²) < 4.78 is 4.83. The maximum absolute atomic E-state index is 10.9. The molecular formula is C7H7ClN2O2. The Morgan fingerprint density at radius 2 is 2.33 bits per heavy atom. The number of carbonyl (C=O) groups excluding carboxylic acids is 1. The molecule has 0 unspecified atom stereocenters. The Bertz CT molecular complexity index is 314. The summed E-state index contributed by atoms with van der Waals surface area (Å²) in [6.07, 6.45) is 1.34. The lowest BCUT2D eigenvalue weighted by Crippen LogP contribution is -2.01. The molecule has 0 bridgehead atoms. The minimum atomic E-state index is -0.150. The van der Waals surface area contributed by atoms with Gasteiger partial charge in [-0.3, -0.25) is 4.79 Å². The monoisotopic (exact) mass is 186 g/mol. The SMILES string of the molecule is COc1nc(Cl)ncc1C(C)=O. The van der Waals surface area contributed by atoms with Gasteiger partial charge in [0.1, 0.15) is 0 Å². The number of carbonyl (C=O) groups is 1. The van der Waals surface area contributed by atoms with Gasteiger partial charge in [-0.25, -0.2) is 4.98 Å². The van der Waals surface area contributed by atoms with Crippen LogP contribution < -0.4 is 4.74 Å². The van der Waals surface area contributed by atoms with Crippen LogP contribution in [0.4, 0.5) is 0 Å². The maximum atomic E-state index is 10.9. The van der Waals surface area contributed by atoms with E-state index in [1.54, 1.807) is 0 Å². The molecule has 1 aromatic heterocycles. The number of hydrogen-bond acceptors (Lipinski definition) is 4. The molecule has 0 aromatic carbocycles. The Hall–Kier alpha value is -1.16. The van der Waals surface area contributed by atoms with Crippen molar-refractivity contribution < 1.29 is 9.53 Å². The van der Waals surface area contributed by atoms with Crippen LogP contribution in [0, 0.1) is 0 Å². The van der Waals surface area contributed by atoms with E-state index in [0.29, 0.717) is 5.56 Å². The van der Waals surface area contributed by atoms with Crippen LogP contribution in [0.1, 0.15) is 17.3 Å². The minimum absolute atomic E-state index is 0.0665. The lowest BCUT2D eigenvalue weighted by molar-refractivity contribution is 0.101. The Kier molecular flexibility index (Phi) is 2.60. The normalized spacial score (nSPS) is 9.58. The fourth-order valence-electron chi connectivity index (χ4n) is 0.743. The van der Waals surface area contributed by atoms with Crippen molar-refractivity contribution in [3.63, 3.8) is 0 Å². The molecule has 64 valence electrons. The van der Waals surface area contributed by atoms with Crippen molar-refractivity contribution in [2.45, 2.75) is 6.92 Å². The van der Waals surface area contributed by atoms with Crippen molar-refractivity contribution >= 4 is 17.4 Å². The van der Waals surface area contributed by atoms with Gasteiger partial charge in [-0.2, -0.15) is 4.98 Å². The molecule has 0 atom stereocenters. The van der Waals surface area contributed by atoms with E-state index in [1.165, 1.54) is 20.2 Å². The van der Waals surface area contributed by atoms with E-state index in [1.807, 2.05) is 0 Å². The second-order valence-electron chi connectivity index (χ2n) is 2.12. The smallest absolute Gasteiger partial charge is 0.228 e. The van der Waals surface area contributed by atoms with Crippen LogP contribution in [-0.4, -0.2) is 22.9 Å². The molecule has 0 radical (unpaired) electrons. The zero-order chi connectivity index (χ0) is 9.14. The first-order valence-corrected chi connectivity index (χ1v) is 3.60. The zero-order valence-electron chi connectivity index (χ0n) is 6.67. The summed E-state index contributed by atoms with van der Waals surface area (Å²) in [4.78, 5) is 18.3. The Morgan fingerprint density at radius 1 is 1.67 bits per heavy atom. The van der Waals surface area contributed by atoms with Crippen LogP contribution >= 0.6 is 11.6 Å². The summed E-state index contributed by atoms with van der Waals surface area (Å²) in [5.74, 6) is 0.0611. The van der Waals surface area contributed by atoms with E-state index >= 15 is 0 Å². The number of hydrogen-bond donors (Lipinski definition) is 0. The molecule has 12 heavy (non-hydrogen) atoms. The van der Waals surface area contributed by atoms with Gasteiger partial charge in [0.15, 0.2) is 5.78 Å². The number of rotatable bonds is 2. The van der Waals surface area contributed by atoms with Crippen LogP contribution in [0.15, 0.2) is 6.20 Å². The van der Waals surface area contributed by atoms with Gasteiger partial charge in [0.05, 0.1) is 12.7 Å². The Morgan fingerprint density at radius 3 is 2.83 bits per heavy atom. The molecule has 0 saturated heterocycles. The number of ketones is 1. The van der Waals surface area contributed by atoms with Crippen molar-refractivity contribution in [2.75, 3.05) is 7.11 Å². The summed E-state index contributed by atoms with van der Waals surface area (Å²) in [7, 11) is 1.42. The van der Waals surface area contributed by atoms with Gasteiger partial charge in [-0.15, -0.1) is 0 Å². The fraction of sp³-hybridized carbons (Fsp3) is 0.286. The maximum Gasteiger partial charge on any atom is 0.228 e. The van der Waals surface area contributed by atoms with Crippen molar-refractivity contribution in [1.29, 1.82) is 0 Å². The van der Waals surface area contributed by atoms with E-state index < -0.39 is 0 Å². The molecule has 1 rings (SSSR count). The average molecular weight is 187 g/mol. The number of aromatic nitrogens is 2. The van der Waals surface area contributed by atoms with Gasteiger partial charge < -0.3 is 4.74 Å². The first-order chi connectivity index (χ1) is 5.65. The molecule has 4 nitrogen and oxygen atoms in total. The summed E-state index contributed by atoms with van der Waals surface area (Å²) in [5, 5.41) is 0.0665. The number of methoxy groups -OCH3 is 1. The highest BCUT2D eigenvalue weighted by Crippen LogP contribution is 2.16. The number of Topliss-reactive ketones (excluding diaryl/α,β-unsaturated/α-hetero) is 1. The molecule has 1 heterocycles. The summed E-state index contributed by atoms with van der Waals surface area (Å²) in [6.45, 7) is 1.41. The number of halogens is 1. The fourth-order valence-corrected chi connectivity index (χ4v) is 0.869. The van der Waals surface area contributed by atoms with E-state index in [0.717, 1.165) is 0 Å². The molecule has 0 amide bonds. The predicted molar refractivity (Wildman–Crippen MR) is 43.6 cm³/mol. The van der Waals surface area contributed by atoms with E-state index in [4.69, 9.17) is 16.3 Å². The van der Waals surface area contributed by atoms with Gasteiger partial charge in [-0.05, 0) is 18.5 Å². The third-order valence-electron chi connectivity index (χ3n) is 1.30. The lowest BCUT2D eigenvalue weighted by atomic mass is 10.2. The van der Waals surface area contributed by atoms with Crippen LogP contribution in [0.3, 0.4) is 0 Å². The lowest BCUT2D eigenvalue weighted by Gasteiger charge is -2.02. The third-order valence-corrected chi connectivity index (χ3v) is 1.48. The highest BCUT2D eigenvalue weighted by atomic mass is 35.5. The molecule has 0 aliphatic heterocycles. The van der Waals surface area contributed by atoms with Crippen molar-refractivity contribution in [3.8, 4) is 5.88 Å². The van der Waals surface area contributed by atoms with Gasteiger partial charge in [0, 0.05) is 6.20 Å². The van der Waals surface area contributed by atoms with Crippen LogP contribution in [-0.2, 0) is 0 Å². The average Bonchev–Trinajstić information content (AvgIpc) is 2.03. The second-order valence-corrected chi connectivity index (χ2v) is 2.46.